The molecule has 2 heterocycles. The van der Waals surface area contributed by atoms with E-state index in [4.69, 9.17) is 0 Å². The van der Waals surface area contributed by atoms with E-state index in [0.717, 1.165) is 12.1 Å². The van der Waals surface area contributed by atoms with Gasteiger partial charge in [0.25, 0.3) is 0 Å². The van der Waals surface area contributed by atoms with E-state index in [9.17, 15) is 5.11 Å². The van der Waals surface area contributed by atoms with Crippen LogP contribution in [0.1, 0.15) is 28.8 Å². The second-order valence-electron chi connectivity index (χ2n) is 4.78. The average molecular weight is 240 g/mol. The predicted molar refractivity (Wildman–Crippen MR) is 70.1 cm³/mol. The predicted octanol–water partition coefficient (Wildman–Crippen LogP) is 2.15. The third kappa shape index (κ3) is 1.82. The molecule has 2 unspecified atom stereocenters. The highest BCUT2D eigenvalue weighted by molar-refractivity contribution is 5.40. The summed E-state index contributed by atoms with van der Waals surface area (Å²) in [5, 5.41) is 10.2. The van der Waals surface area contributed by atoms with Crippen molar-refractivity contribution in [3.05, 3.63) is 65.5 Å². The summed E-state index contributed by atoms with van der Waals surface area (Å²) in [5.41, 5.74) is 3.40. The summed E-state index contributed by atoms with van der Waals surface area (Å²) in [4.78, 5) is 6.17. The van der Waals surface area contributed by atoms with Gasteiger partial charge < -0.3 is 5.11 Å². The molecule has 2 atom stereocenters. The normalized spacial score (nSPS) is 23.7. The Morgan fingerprint density at radius 2 is 1.94 bits per heavy atom. The van der Waals surface area contributed by atoms with E-state index < -0.39 is 6.23 Å². The molecule has 92 valence electrons. The van der Waals surface area contributed by atoms with Gasteiger partial charge in [0, 0.05) is 24.9 Å². The number of benzene rings is 1. The van der Waals surface area contributed by atoms with Gasteiger partial charge in [-0.3, -0.25) is 9.88 Å². The summed E-state index contributed by atoms with van der Waals surface area (Å²) in [5.74, 6) is 0.281. The maximum Gasteiger partial charge on any atom is 0.133 e. The molecule has 0 saturated carbocycles. The summed E-state index contributed by atoms with van der Waals surface area (Å²) in [6, 6.07) is 12.2. The molecular formula is C15H16N2O. The fourth-order valence-corrected chi connectivity index (χ4v) is 2.65. The zero-order valence-electron chi connectivity index (χ0n) is 10.3. The quantitative estimate of drug-likeness (QED) is 0.829. The summed E-state index contributed by atoms with van der Waals surface area (Å²) < 4.78 is 0. The Morgan fingerprint density at radius 1 is 1.17 bits per heavy atom. The first-order valence-electron chi connectivity index (χ1n) is 6.14. The molecule has 0 aliphatic carbocycles. The number of aliphatic hydroxyl groups excluding tert-OH is 1. The highest BCUT2D eigenvalue weighted by Crippen LogP contribution is 2.36. The van der Waals surface area contributed by atoms with Crippen LogP contribution in [0.2, 0.25) is 0 Å². The SMILES string of the molecule is CN1CC(c2cccnc2)c2ccccc2C1O. The van der Waals surface area contributed by atoms with E-state index in [1.54, 1.807) is 6.20 Å². The molecule has 3 rings (SSSR count). The van der Waals surface area contributed by atoms with Crippen molar-refractivity contribution in [1.82, 2.24) is 9.88 Å². The lowest BCUT2D eigenvalue weighted by molar-refractivity contribution is 0.00875. The average Bonchev–Trinajstić information content (AvgIpc) is 2.44. The van der Waals surface area contributed by atoms with Crippen LogP contribution in [-0.4, -0.2) is 28.6 Å². The Bertz CT molecular complexity index is 541. The third-order valence-electron chi connectivity index (χ3n) is 3.62. The number of nitrogens with zero attached hydrogens (tertiary/aromatic N) is 2. The van der Waals surface area contributed by atoms with Gasteiger partial charge >= 0.3 is 0 Å². The Morgan fingerprint density at radius 3 is 2.67 bits per heavy atom. The third-order valence-corrected chi connectivity index (χ3v) is 3.62. The number of hydrogen-bond acceptors (Lipinski definition) is 3. The van der Waals surface area contributed by atoms with Gasteiger partial charge in [-0.15, -0.1) is 0 Å². The standard InChI is InChI=1S/C15H16N2O/c1-17-10-14(11-5-4-8-16-9-11)12-6-2-3-7-13(12)15(17)18/h2-9,14-15,18H,10H2,1H3. The minimum Gasteiger partial charge on any atom is -0.374 e. The molecule has 1 aromatic heterocycles. The highest BCUT2D eigenvalue weighted by Gasteiger charge is 2.30. The van der Waals surface area contributed by atoms with E-state index in [1.165, 1.54) is 11.1 Å². The molecule has 0 spiro atoms. The monoisotopic (exact) mass is 240 g/mol. The molecule has 2 aromatic rings. The molecule has 1 N–H and O–H groups in total. The zero-order chi connectivity index (χ0) is 12.5. The Hall–Kier alpha value is -1.71. The van der Waals surface area contributed by atoms with E-state index >= 15 is 0 Å². The van der Waals surface area contributed by atoms with Gasteiger partial charge in [0.15, 0.2) is 0 Å². The van der Waals surface area contributed by atoms with Crippen LogP contribution >= 0.6 is 0 Å². The molecule has 0 fully saturated rings. The Kier molecular flexibility index (Phi) is 2.86. The highest BCUT2D eigenvalue weighted by atomic mass is 16.3. The maximum absolute atomic E-state index is 10.2. The van der Waals surface area contributed by atoms with Gasteiger partial charge in [-0.2, -0.15) is 0 Å². The zero-order valence-corrected chi connectivity index (χ0v) is 10.3. The first-order valence-corrected chi connectivity index (χ1v) is 6.14. The van der Waals surface area contributed by atoms with Gasteiger partial charge in [0.2, 0.25) is 0 Å². The molecule has 18 heavy (non-hydrogen) atoms. The summed E-state index contributed by atoms with van der Waals surface area (Å²) >= 11 is 0. The topological polar surface area (TPSA) is 36.4 Å². The van der Waals surface area contributed by atoms with E-state index in [0.29, 0.717) is 0 Å². The van der Waals surface area contributed by atoms with Crippen molar-refractivity contribution < 1.29 is 5.11 Å². The molecule has 0 radical (unpaired) electrons. The molecule has 1 aliphatic rings. The number of rotatable bonds is 1. The summed E-state index contributed by atoms with van der Waals surface area (Å²) in [7, 11) is 1.95. The minimum absolute atomic E-state index is 0.281. The Labute approximate surface area is 107 Å². The van der Waals surface area contributed by atoms with Crippen LogP contribution in [0, 0.1) is 0 Å². The lowest BCUT2D eigenvalue weighted by atomic mass is 9.85. The molecule has 0 amide bonds. The van der Waals surface area contributed by atoms with E-state index in [-0.39, 0.29) is 5.92 Å². The van der Waals surface area contributed by atoms with Crippen molar-refractivity contribution in [2.45, 2.75) is 12.1 Å². The number of pyridine rings is 1. The molecule has 0 saturated heterocycles. The lowest BCUT2D eigenvalue weighted by Crippen LogP contribution is -2.35. The molecule has 3 nitrogen and oxygen atoms in total. The second kappa shape index (κ2) is 4.52. The Balaban J connectivity index is 2.10. The largest absolute Gasteiger partial charge is 0.374 e. The molecule has 1 aliphatic heterocycles. The van der Waals surface area contributed by atoms with Crippen molar-refractivity contribution in [2.75, 3.05) is 13.6 Å². The van der Waals surface area contributed by atoms with Crippen molar-refractivity contribution in [3.8, 4) is 0 Å². The van der Waals surface area contributed by atoms with E-state index in [2.05, 4.69) is 17.1 Å². The van der Waals surface area contributed by atoms with Crippen LogP contribution in [0.15, 0.2) is 48.8 Å². The molecular weight excluding hydrogens is 224 g/mol. The van der Waals surface area contributed by atoms with Gasteiger partial charge in [0.05, 0.1) is 0 Å². The van der Waals surface area contributed by atoms with Gasteiger partial charge in [-0.25, -0.2) is 0 Å². The molecule has 0 bridgehead atoms. The van der Waals surface area contributed by atoms with Crippen molar-refractivity contribution in [2.24, 2.45) is 0 Å². The van der Waals surface area contributed by atoms with Crippen LogP contribution in [0.3, 0.4) is 0 Å². The fraction of sp³-hybridized carbons (Fsp3) is 0.267. The lowest BCUT2D eigenvalue weighted by Gasteiger charge is -2.36. The number of hydrogen-bond donors (Lipinski definition) is 1. The van der Waals surface area contributed by atoms with Crippen LogP contribution in [0.25, 0.3) is 0 Å². The first-order chi connectivity index (χ1) is 8.77. The number of fused-ring (bicyclic) bond motifs is 1. The smallest absolute Gasteiger partial charge is 0.133 e. The number of aliphatic hydroxyl groups is 1. The first kappa shape index (κ1) is 11.4. The van der Waals surface area contributed by atoms with Crippen LogP contribution < -0.4 is 0 Å². The summed E-state index contributed by atoms with van der Waals surface area (Å²) in [6.45, 7) is 0.809. The molecule has 3 heteroatoms. The second-order valence-corrected chi connectivity index (χ2v) is 4.78. The van der Waals surface area contributed by atoms with Crippen molar-refractivity contribution in [1.29, 1.82) is 0 Å². The van der Waals surface area contributed by atoms with E-state index in [1.807, 2.05) is 42.4 Å². The van der Waals surface area contributed by atoms with Crippen LogP contribution in [0.4, 0.5) is 0 Å². The molecule has 1 aromatic carbocycles. The fourth-order valence-electron chi connectivity index (χ4n) is 2.65. The van der Waals surface area contributed by atoms with Gasteiger partial charge in [0.1, 0.15) is 6.23 Å². The number of aromatic nitrogens is 1. The number of likely N-dealkylation sites (N-methyl/N-ethyl adjacent to an activating group) is 1. The van der Waals surface area contributed by atoms with Crippen LogP contribution in [0.5, 0.6) is 0 Å². The maximum atomic E-state index is 10.2. The van der Waals surface area contributed by atoms with Gasteiger partial charge in [-0.05, 0) is 29.8 Å². The van der Waals surface area contributed by atoms with Crippen LogP contribution in [-0.2, 0) is 0 Å². The van der Waals surface area contributed by atoms with Crippen molar-refractivity contribution >= 4 is 0 Å². The van der Waals surface area contributed by atoms with Gasteiger partial charge in [-0.1, -0.05) is 30.3 Å². The minimum atomic E-state index is -0.505. The summed E-state index contributed by atoms with van der Waals surface area (Å²) in [6.07, 6.45) is 3.19. The van der Waals surface area contributed by atoms with Crippen molar-refractivity contribution in [3.63, 3.8) is 0 Å².